The number of hydrogen-bond acceptors (Lipinski definition) is 3. The molecular formula is C18H21Cl3N4O. The Morgan fingerprint density at radius 2 is 2.12 bits per heavy atom. The second kappa shape index (κ2) is 8.17. The lowest BCUT2D eigenvalue weighted by Gasteiger charge is -2.23. The fourth-order valence-electron chi connectivity index (χ4n) is 3.70. The molecule has 1 fully saturated rings. The highest BCUT2D eigenvalue weighted by Crippen LogP contribution is 2.31. The van der Waals surface area contributed by atoms with Crippen molar-refractivity contribution in [2.75, 3.05) is 13.1 Å². The van der Waals surface area contributed by atoms with Crippen LogP contribution in [0.4, 0.5) is 0 Å². The number of halogens is 3. The van der Waals surface area contributed by atoms with Gasteiger partial charge < -0.3 is 10.6 Å². The number of hydrogen-bond donors (Lipinski definition) is 2. The number of carbonyl (C=O) groups is 1. The van der Waals surface area contributed by atoms with Crippen molar-refractivity contribution >= 4 is 41.5 Å². The molecule has 0 radical (unpaired) electrons. The Morgan fingerprint density at radius 1 is 1.27 bits per heavy atom. The highest BCUT2D eigenvalue weighted by atomic mass is 35.5. The molecule has 1 aromatic heterocycles. The minimum absolute atomic E-state index is 0. The average Bonchev–Trinajstić information content (AvgIpc) is 3.18. The molecule has 0 saturated carbocycles. The summed E-state index contributed by atoms with van der Waals surface area (Å²) < 4.78 is 1.81. The Labute approximate surface area is 168 Å². The first-order chi connectivity index (χ1) is 12.1. The highest BCUT2D eigenvalue weighted by Gasteiger charge is 2.28. The zero-order chi connectivity index (χ0) is 17.4. The van der Waals surface area contributed by atoms with Crippen LogP contribution in [-0.4, -0.2) is 34.8 Å². The molecule has 2 N–H and O–H groups in total. The summed E-state index contributed by atoms with van der Waals surface area (Å²) in [6.45, 7) is 1.84. The highest BCUT2D eigenvalue weighted by molar-refractivity contribution is 6.35. The molecule has 140 valence electrons. The summed E-state index contributed by atoms with van der Waals surface area (Å²) in [7, 11) is 0. The summed E-state index contributed by atoms with van der Waals surface area (Å²) in [4.78, 5) is 12.8. The van der Waals surface area contributed by atoms with Gasteiger partial charge in [0, 0.05) is 28.9 Å². The van der Waals surface area contributed by atoms with Crippen molar-refractivity contribution in [3.63, 3.8) is 0 Å². The fourth-order valence-corrected chi connectivity index (χ4v) is 4.19. The van der Waals surface area contributed by atoms with Crippen LogP contribution >= 0.6 is 35.6 Å². The smallest absolute Gasteiger partial charge is 0.272 e. The summed E-state index contributed by atoms with van der Waals surface area (Å²) in [6, 6.07) is 5.51. The van der Waals surface area contributed by atoms with Crippen LogP contribution in [0.1, 0.15) is 41.0 Å². The molecular weight excluding hydrogens is 395 g/mol. The largest absolute Gasteiger partial charge is 0.347 e. The van der Waals surface area contributed by atoms with Crippen LogP contribution in [0.15, 0.2) is 18.2 Å². The number of fused-ring (bicyclic) bond motifs is 1. The molecule has 1 unspecified atom stereocenters. The van der Waals surface area contributed by atoms with Crippen molar-refractivity contribution in [3.8, 4) is 5.69 Å². The maximum Gasteiger partial charge on any atom is 0.272 e. The van der Waals surface area contributed by atoms with Crippen molar-refractivity contribution in [3.05, 3.63) is 45.2 Å². The van der Waals surface area contributed by atoms with Gasteiger partial charge in [0.15, 0.2) is 5.69 Å². The second-order valence-corrected chi connectivity index (χ2v) is 7.50. The third kappa shape index (κ3) is 3.72. The molecule has 8 heteroatoms. The Balaban J connectivity index is 0.00000196. The van der Waals surface area contributed by atoms with E-state index in [-0.39, 0.29) is 24.4 Å². The monoisotopic (exact) mass is 414 g/mol. The van der Waals surface area contributed by atoms with Gasteiger partial charge in [-0.3, -0.25) is 4.79 Å². The van der Waals surface area contributed by atoms with E-state index in [0.29, 0.717) is 15.7 Å². The maximum atomic E-state index is 12.8. The average molecular weight is 416 g/mol. The summed E-state index contributed by atoms with van der Waals surface area (Å²) in [5.74, 6) is -0.0873. The quantitative estimate of drug-likeness (QED) is 0.805. The summed E-state index contributed by atoms with van der Waals surface area (Å²) in [5, 5.41) is 12.2. The van der Waals surface area contributed by atoms with Crippen LogP contribution in [0.5, 0.6) is 0 Å². The molecule has 1 atom stereocenters. The molecule has 0 spiro atoms. The summed E-state index contributed by atoms with van der Waals surface area (Å²) >= 11 is 12.4. The number of piperidine rings is 1. The lowest BCUT2D eigenvalue weighted by molar-refractivity contribution is 0.0924. The van der Waals surface area contributed by atoms with Gasteiger partial charge in [-0.15, -0.1) is 12.4 Å². The van der Waals surface area contributed by atoms with Gasteiger partial charge in [0.25, 0.3) is 5.91 Å². The van der Waals surface area contributed by atoms with Crippen LogP contribution < -0.4 is 10.6 Å². The van der Waals surface area contributed by atoms with E-state index in [1.165, 1.54) is 0 Å². The molecule has 2 heterocycles. The van der Waals surface area contributed by atoms with Crippen molar-refractivity contribution < 1.29 is 4.79 Å². The van der Waals surface area contributed by atoms with Crippen LogP contribution in [-0.2, 0) is 12.8 Å². The van der Waals surface area contributed by atoms with Crippen LogP contribution in [0.3, 0.4) is 0 Å². The Kier molecular flexibility index (Phi) is 6.13. The van der Waals surface area contributed by atoms with E-state index in [2.05, 4.69) is 15.7 Å². The molecule has 0 bridgehead atoms. The minimum Gasteiger partial charge on any atom is -0.347 e. The molecule has 5 nitrogen and oxygen atoms in total. The first-order valence-corrected chi connectivity index (χ1v) is 9.47. The summed E-state index contributed by atoms with van der Waals surface area (Å²) in [5.41, 5.74) is 3.43. The molecule has 4 rings (SSSR count). The second-order valence-electron chi connectivity index (χ2n) is 6.65. The van der Waals surface area contributed by atoms with Crippen LogP contribution in [0, 0.1) is 0 Å². The molecule has 1 saturated heterocycles. The lowest BCUT2D eigenvalue weighted by Crippen LogP contribution is -2.45. The maximum absolute atomic E-state index is 12.8. The first kappa shape index (κ1) is 19.5. The van der Waals surface area contributed by atoms with E-state index in [0.717, 1.165) is 62.1 Å². The standard InChI is InChI=1S/C18H20Cl2N4O.ClH/c19-11-6-7-16(14(20)9-11)24-15-5-1-4-13(15)17(23-24)18(25)22-12-3-2-8-21-10-12;/h6-7,9,12,21H,1-5,8,10H2,(H,22,25);1H. The Hall–Kier alpha value is -1.27. The SMILES string of the molecule is Cl.O=C(NC1CCCNC1)c1nn(-c2ccc(Cl)cc2Cl)c2c1CCC2. The number of carbonyl (C=O) groups excluding carboxylic acids is 1. The number of aromatic nitrogens is 2. The number of nitrogens with zero attached hydrogens (tertiary/aromatic N) is 2. The molecule has 26 heavy (non-hydrogen) atoms. The van der Waals surface area contributed by atoms with E-state index < -0.39 is 0 Å². The zero-order valence-corrected chi connectivity index (χ0v) is 16.6. The topological polar surface area (TPSA) is 59.0 Å². The summed E-state index contributed by atoms with van der Waals surface area (Å²) in [6.07, 6.45) is 4.90. The zero-order valence-electron chi connectivity index (χ0n) is 14.2. The van der Waals surface area contributed by atoms with Gasteiger partial charge in [0.2, 0.25) is 0 Å². The van der Waals surface area contributed by atoms with Gasteiger partial charge in [-0.2, -0.15) is 5.10 Å². The Morgan fingerprint density at radius 3 is 2.85 bits per heavy atom. The van der Waals surface area contributed by atoms with Crippen LogP contribution in [0.25, 0.3) is 5.69 Å². The van der Waals surface area contributed by atoms with E-state index in [4.69, 9.17) is 23.2 Å². The normalized spacial score (nSPS) is 18.9. The van der Waals surface area contributed by atoms with Crippen molar-refractivity contribution in [1.82, 2.24) is 20.4 Å². The van der Waals surface area contributed by atoms with Gasteiger partial charge in [-0.05, 0) is 56.8 Å². The number of nitrogens with one attached hydrogen (secondary N) is 2. The van der Waals surface area contributed by atoms with Gasteiger partial charge in [-0.25, -0.2) is 4.68 Å². The van der Waals surface area contributed by atoms with Gasteiger partial charge in [0.05, 0.1) is 10.7 Å². The molecule has 2 aromatic rings. The Bertz CT molecular complexity index is 815. The predicted octanol–water partition coefficient (Wildman–Crippen LogP) is 3.57. The van der Waals surface area contributed by atoms with E-state index in [1.807, 2.05) is 10.7 Å². The third-order valence-electron chi connectivity index (χ3n) is 4.92. The molecule has 1 aliphatic carbocycles. The molecule has 2 aliphatic rings. The van der Waals surface area contributed by atoms with Gasteiger partial charge >= 0.3 is 0 Å². The van der Waals surface area contributed by atoms with Crippen LogP contribution in [0.2, 0.25) is 10.0 Å². The first-order valence-electron chi connectivity index (χ1n) is 8.71. The van der Waals surface area contributed by atoms with Gasteiger partial charge in [-0.1, -0.05) is 23.2 Å². The third-order valence-corrected chi connectivity index (χ3v) is 5.45. The van der Waals surface area contributed by atoms with Crippen molar-refractivity contribution in [1.29, 1.82) is 0 Å². The number of rotatable bonds is 3. The number of amides is 1. The predicted molar refractivity (Wildman–Crippen MR) is 106 cm³/mol. The molecule has 1 aliphatic heterocycles. The van der Waals surface area contributed by atoms with Crippen molar-refractivity contribution in [2.24, 2.45) is 0 Å². The van der Waals surface area contributed by atoms with Crippen molar-refractivity contribution in [2.45, 2.75) is 38.1 Å². The van der Waals surface area contributed by atoms with Gasteiger partial charge in [0.1, 0.15) is 0 Å². The van der Waals surface area contributed by atoms with E-state index >= 15 is 0 Å². The molecule has 1 aromatic carbocycles. The fraction of sp³-hybridized carbons (Fsp3) is 0.444. The van der Waals surface area contributed by atoms with E-state index in [9.17, 15) is 4.79 Å². The molecule has 1 amide bonds. The van der Waals surface area contributed by atoms with E-state index in [1.54, 1.807) is 12.1 Å². The lowest BCUT2D eigenvalue weighted by atomic mass is 10.1. The number of benzene rings is 1. The minimum atomic E-state index is -0.0873.